The Morgan fingerprint density at radius 1 is 1.44 bits per heavy atom. The van der Waals surface area contributed by atoms with Gasteiger partial charge in [0.2, 0.25) is 0 Å². The number of carbonyl (C=O) groups excluding carboxylic acids is 1. The molecule has 2 fully saturated rings. The molecule has 18 heavy (non-hydrogen) atoms. The predicted octanol–water partition coefficient (Wildman–Crippen LogP) is 0.805. The summed E-state index contributed by atoms with van der Waals surface area (Å²) in [6.45, 7) is 5.63. The molecular weight excluding hydrogens is 230 g/mol. The molecule has 5 nitrogen and oxygen atoms in total. The summed E-state index contributed by atoms with van der Waals surface area (Å²) in [5.74, 6) is 0.620. The second kappa shape index (κ2) is 6.38. The van der Waals surface area contributed by atoms with Gasteiger partial charge in [-0.05, 0) is 38.6 Å². The first-order valence-corrected chi connectivity index (χ1v) is 6.96. The average molecular weight is 255 g/mol. The minimum absolute atomic E-state index is 0.0570. The van der Waals surface area contributed by atoms with Crippen LogP contribution in [0.1, 0.15) is 26.2 Å². The van der Waals surface area contributed by atoms with Crippen molar-refractivity contribution in [3.05, 3.63) is 0 Å². The molecule has 0 spiro atoms. The van der Waals surface area contributed by atoms with E-state index < -0.39 is 0 Å². The van der Waals surface area contributed by atoms with Crippen LogP contribution in [0.25, 0.3) is 0 Å². The number of nitrogens with one attached hydrogen (secondary N) is 2. The van der Waals surface area contributed by atoms with E-state index in [2.05, 4.69) is 15.5 Å². The Balaban J connectivity index is 1.58. The van der Waals surface area contributed by atoms with Gasteiger partial charge in [0.15, 0.2) is 0 Å². The monoisotopic (exact) mass is 255 g/mol. The van der Waals surface area contributed by atoms with Crippen LogP contribution in [0.4, 0.5) is 4.79 Å². The number of nitrogens with zero attached hydrogens (tertiary/aromatic N) is 1. The molecule has 1 aliphatic carbocycles. The van der Waals surface area contributed by atoms with Gasteiger partial charge in [-0.2, -0.15) is 0 Å². The van der Waals surface area contributed by atoms with Gasteiger partial charge in [0.05, 0.1) is 12.6 Å². The SMILES string of the molecule is COC[C@@H](C)NC(=O)NC[C@H]1CCN(C2CC2)C1. The highest BCUT2D eigenvalue weighted by Gasteiger charge is 2.34. The molecule has 1 heterocycles. The third-order valence-electron chi connectivity index (χ3n) is 3.73. The molecule has 2 amide bonds. The molecule has 0 aromatic carbocycles. The van der Waals surface area contributed by atoms with E-state index in [9.17, 15) is 4.79 Å². The van der Waals surface area contributed by atoms with Crippen molar-refractivity contribution in [1.82, 2.24) is 15.5 Å². The molecule has 1 saturated carbocycles. The van der Waals surface area contributed by atoms with Crippen molar-refractivity contribution in [1.29, 1.82) is 0 Å². The maximum Gasteiger partial charge on any atom is 0.315 e. The van der Waals surface area contributed by atoms with Gasteiger partial charge in [0.1, 0.15) is 0 Å². The van der Waals surface area contributed by atoms with Gasteiger partial charge in [-0.3, -0.25) is 0 Å². The van der Waals surface area contributed by atoms with Crippen LogP contribution in [-0.2, 0) is 4.74 Å². The van der Waals surface area contributed by atoms with Crippen molar-refractivity contribution in [2.24, 2.45) is 5.92 Å². The Morgan fingerprint density at radius 3 is 2.89 bits per heavy atom. The summed E-state index contributed by atoms with van der Waals surface area (Å²) in [5.41, 5.74) is 0. The maximum absolute atomic E-state index is 11.6. The molecular formula is C13H25N3O2. The van der Waals surface area contributed by atoms with Gasteiger partial charge in [-0.15, -0.1) is 0 Å². The first-order valence-electron chi connectivity index (χ1n) is 6.96. The van der Waals surface area contributed by atoms with Crippen LogP contribution in [0.3, 0.4) is 0 Å². The summed E-state index contributed by atoms with van der Waals surface area (Å²) < 4.78 is 4.98. The van der Waals surface area contributed by atoms with Gasteiger partial charge < -0.3 is 20.3 Å². The van der Waals surface area contributed by atoms with E-state index in [-0.39, 0.29) is 12.1 Å². The van der Waals surface area contributed by atoms with Crippen LogP contribution in [0, 0.1) is 5.92 Å². The highest BCUT2D eigenvalue weighted by molar-refractivity contribution is 5.74. The molecule has 0 bridgehead atoms. The Kier molecular flexibility index (Phi) is 4.83. The summed E-state index contributed by atoms with van der Waals surface area (Å²) in [6, 6.07) is 0.830. The zero-order valence-electron chi connectivity index (χ0n) is 11.4. The van der Waals surface area contributed by atoms with Gasteiger partial charge in [0, 0.05) is 26.2 Å². The van der Waals surface area contributed by atoms with Crippen LogP contribution < -0.4 is 10.6 Å². The number of hydrogen-bond acceptors (Lipinski definition) is 3. The lowest BCUT2D eigenvalue weighted by atomic mass is 10.1. The third kappa shape index (κ3) is 4.14. The summed E-state index contributed by atoms with van der Waals surface area (Å²) in [4.78, 5) is 14.2. The number of carbonyl (C=O) groups is 1. The third-order valence-corrected chi connectivity index (χ3v) is 3.73. The Labute approximate surface area is 109 Å². The van der Waals surface area contributed by atoms with Gasteiger partial charge in [-0.25, -0.2) is 4.79 Å². The highest BCUT2D eigenvalue weighted by Crippen LogP contribution is 2.31. The minimum Gasteiger partial charge on any atom is -0.383 e. The normalized spacial score (nSPS) is 26.0. The lowest BCUT2D eigenvalue weighted by Gasteiger charge is -2.17. The van der Waals surface area contributed by atoms with E-state index in [0.717, 1.165) is 19.1 Å². The summed E-state index contributed by atoms with van der Waals surface area (Å²) in [5, 5.41) is 5.82. The van der Waals surface area contributed by atoms with Crippen LogP contribution in [0.15, 0.2) is 0 Å². The summed E-state index contributed by atoms with van der Waals surface area (Å²) >= 11 is 0. The Hall–Kier alpha value is -0.810. The van der Waals surface area contributed by atoms with Crippen molar-refractivity contribution in [2.75, 3.05) is 33.4 Å². The Bertz CT molecular complexity index is 281. The average Bonchev–Trinajstić information content (AvgIpc) is 3.06. The number of hydrogen-bond donors (Lipinski definition) is 2. The predicted molar refractivity (Wildman–Crippen MR) is 70.6 cm³/mol. The first kappa shape index (κ1) is 13.6. The molecule has 2 N–H and O–H groups in total. The fourth-order valence-corrected chi connectivity index (χ4v) is 2.60. The van der Waals surface area contributed by atoms with Crippen LogP contribution in [0.2, 0.25) is 0 Å². The summed E-state index contributed by atoms with van der Waals surface area (Å²) in [7, 11) is 1.64. The highest BCUT2D eigenvalue weighted by atomic mass is 16.5. The molecule has 1 aliphatic heterocycles. The number of ether oxygens (including phenoxy) is 1. The second-order valence-corrected chi connectivity index (χ2v) is 5.59. The lowest BCUT2D eigenvalue weighted by molar-refractivity contribution is 0.170. The van der Waals surface area contributed by atoms with Gasteiger partial charge in [-0.1, -0.05) is 0 Å². The van der Waals surface area contributed by atoms with Crippen molar-refractivity contribution >= 4 is 6.03 Å². The molecule has 2 rings (SSSR count). The van der Waals surface area contributed by atoms with E-state index in [1.807, 2.05) is 6.92 Å². The fraction of sp³-hybridized carbons (Fsp3) is 0.923. The van der Waals surface area contributed by atoms with Gasteiger partial charge in [0.25, 0.3) is 0 Å². The van der Waals surface area contributed by atoms with Crippen molar-refractivity contribution in [2.45, 2.75) is 38.3 Å². The van der Waals surface area contributed by atoms with Crippen LogP contribution >= 0.6 is 0 Å². The molecule has 104 valence electrons. The standard InChI is InChI=1S/C13H25N3O2/c1-10(9-18-2)15-13(17)14-7-11-5-6-16(8-11)12-3-4-12/h10-12H,3-9H2,1-2H3,(H2,14,15,17)/t10-,11-/m1/s1. The van der Waals surface area contributed by atoms with E-state index in [1.54, 1.807) is 7.11 Å². The Morgan fingerprint density at radius 2 is 2.22 bits per heavy atom. The molecule has 0 aromatic rings. The second-order valence-electron chi connectivity index (χ2n) is 5.59. The molecule has 1 saturated heterocycles. The first-order chi connectivity index (χ1) is 8.69. The molecule has 5 heteroatoms. The van der Waals surface area contributed by atoms with E-state index in [0.29, 0.717) is 12.5 Å². The molecule has 2 aliphatic rings. The number of rotatable bonds is 6. The smallest absolute Gasteiger partial charge is 0.315 e. The zero-order chi connectivity index (χ0) is 13.0. The lowest BCUT2D eigenvalue weighted by Crippen LogP contribution is -2.44. The van der Waals surface area contributed by atoms with Crippen molar-refractivity contribution in [3.63, 3.8) is 0 Å². The molecule has 0 radical (unpaired) electrons. The van der Waals surface area contributed by atoms with E-state index in [4.69, 9.17) is 4.74 Å². The largest absolute Gasteiger partial charge is 0.383 e. The molecule has 0 unspecified atom stereocenters. The topological polar surface area (TPSA) is 53.6 Å². The van der Waals surface area contributed by atoms with Crippen LogP contribution in [-0.4, -0.2) is 56.4 Å². The van der Waals surface area contributed by atoms with E-state index in [1.165, 1.54) is 25.8 Å². The van der Waals surface area contributed by atoms with Crippen molar-refractivity contribution in [3.8, 4) is 0 Å². The maximum atomic E-state index is 11.6. The fourth-order valence-electron chi connectivity index (χ4n) is 2.60. The molecule has 0 aromatic heterocycles. The quantitative estimate of drug-likeness (QED) is 0.738. The van der Waals surface area contributed by atoms with Gasteiger partial charge >= 0.3 is 6.03 Å². The van der Waals surface area contributed by atoms with E-state index >= 15 is 0 Å². The number of likely N-dealkylation sites (tertiary alicyclic amines) is 1. The number of amides is 2. The minimum atomic E-state index is -0.0792. The van der Waals surface area contributed by atoms with Crippen LogP contribution in [0.5, 0.6) is 0 Å². The zero-order valence-corrected chi connectivity index (χ0v) is 11.4. The number of methoxy groups -OCH3 is 1. The molecule has 2 atom stereocenters. The summed E-state index contributed by atoms with van der Waals surface area (Å²) in [6.07, 6.45) is 3.95. The van der Waals surface area contributed by atoms with Crippen molar-refractivity contribution < 1.29 is 9.53 Å². The number of urea groups is 1.